The number of benzene rings is 2. The molecule has 3 aromatic rings. The smallest absolute Gasteiger partial charge is 0.267 e. The van der Waals surface area contributed by atoms with E-state index in [1.807, 2.05) is 6.07 Å². The van der Waals surface area contributed by atoms with Crippen LogP contribution in [-0.4, -0.2) is 31.0 Å². The lowest BCUT2D eigenvalue weighted by atomic mass is 9.88. The summed E-state index contributed by atoms with van der Waals surface area (Å²) in [5.74, 6) is -0.0101. The molecule has 2 amide bonds. The van der Waals surface area contributed by atoms with E-state index in [1.165, 1.54) is 29.5 Å². The average Bonchev–Trinajstić information content (AvgIpc) is 3.27. The molecule has 1 aliphatic carbocycles. The van der Waals surface area contributed by atoms with Crippen LogP contribution in [0.3, 0.4) is 0 Å². The molecule has 0 atom stereocenters. The van der Waals surface area contributed by atoms with Crippen LogP contribution in [0, 0.1) is 18.7 Å². The van der Waals surface area contributed by atoms with Crippen LogP contribution in [0.2, 0.25) is 0 Å². The van der Waals surface area contributed by atoms with Crippen molar-refractivity contribution in [2.24, 2.45) is 5.92 Å². The highest BCUT2D eigenvalue weighted by molar-refractivity contribution is 7.17. The first-order valence-electron chi connectivity index (χ1n) is 11.5. The van der Waals surface area contributed by atoms with Gasteiger partial charge in [-0.25, -0.2) is 9.37 Å². The third-order valence-electron chi connectivity index (χ3n) is 6.09. The number of amides is 2. The van der Waals surface area contributed by atoms with E-state index in [-0.39, 0.29) is 23.4 Å². The van der Waals surface area contributed by atoms with Crippen LogP contribution < -0.4 is 20.1 Å². The number of ether oxygens (including phenoxy) is 2. The van der Waals surface area contributed by atoms with Crippen molar-refractivity contribution >= 4 is 34.5 Å². The number of aromatic nitrogens is 1. The summed E-state index contributed by atoms with van der Waals surface area (Å²) in [6.45, 7) is 1.76. The lowest BCUT2D eigenvalue weighted by molar-refractivity contribution is -0.120. The molecule has 0 saturated heterocycles. The molecule has 2 N–H and O–H groups in total. The highest BCUT2D eigenvalue weighted by Crippen LogP contribution is 2.35. The Morgan fingerprint density at radius 2 is 1.74 bits per heavy atom. The molecule has 1 fully saturated rings. The monoisotopic (exact) mass is 497 g/mol. The zero-order chi connectivity index (χ0) is 24.9. The summed E-state index contributed by atoms with van der Waals surface area (Å²) in [7, 11) is 3.12. The predicted octanol–water partition coefficient (Wildman–Crippen LogP) is 6.05. The Kier molecular flexibility index (Phi) is 7.65. The normalized spacial score (nSPS) is 13.8. The van der Waals surface area contributed by atoms with Crippen LogP contribution in [0.5, 0.6) is 11.5 Å². The van der Waals surface area contributed by atoms with Gasteiger partial charge in [0, 0.05) is 17.2 Å². The third-order valence-corrected chi connectivity index (χ3v) is 7.30. The second-order valence-corrected chi connectivity index (χ2v) is 9.48. The Bertz CT molecular complexity index is 1240. The Morgan fingerprint density at radius 1 is 1.00 bits per heavy atom. The molecule has 0 radical (unpaired) electrons. The third kappa shape index (κ3) is 5.62. The number of nitrogens with zero attached hydrogens (tertiary/aromatic N) is 1. The van der Waals surface area contributed by atoms with Gasteiger partial charge < -0.3 is 20.1 Å². The zero-order valence-electron chi connectivity index (χ0n) is 19.9. The highest BCUT2D eigenvalue weighted by Gasteiger charge is 2.23. The van der Waals surface area contributed by atoms with E-state index in [0.717, 1.165) is 37.7 Å². The van der Waals surface area contributed by atoms with Gasteiger partial charge in [-0.3, -0.25) is 9.59 Å². The van der Waals surface area contributed by atoms with E-state index >= 15 is 0 Å². The molecule has 0 bridgehead atoms. The summed E-state index contributed by atoms with van der Waals surface area (Å²) in [5, 5.41) is 6.15. The fraction of sp³-hybridized carbons (Fsp3) is 0.346. The molecule has 7 nitrogen and oxygen atoms in total. The molecule has 0 aliphatic heterocycles. The summed E-state index contributed by atoms with van der Waals surface area (Å²) in [6.07, 6.45) is 4.78. The minimum absolute atomic E-state index is 0.0606. The fourth-order valence-electron chi connectivity index (χ4n) is 4.19. The van der Waals surface area contributed by atoms with Crippen LogP contribution in [0.15, 0.2) is 36.4 Å². The number of rotatable bonds is 7. The van der Waals surface area contributed by atoms with Gasteiger partial charge in [0.25, 0.3) is 5.91 Å². The Balaban J connectivity index is 1.50. The maximum absolute atomic E-state index is 14.4. The number of anilines is 2. The van der Waals surface area contributed by atoms with Gasteiger partial charge in [0.05, 0.1) is 25.6 Å². The minimum atomic E-state index is -0.545. The standard InChI is InChI=1S/C26H28FN3O4S/c1-15-23(35-26(28-15)17-9-12-21(33-2)22(13-17)34-3)25(32)29-18-10-11-19(27)20(14-18)30-24(31)16-7-5-4-6-8-16/h9-14,16H,4-8H2,1-3H3,(H,29,32)(H,30,31). The molecule has 184 valence electrons. The fourth-order valence-corrected chi connectivity index (χ4v) is 5.14. The van der Waals surface area contributed by atoms with Crippen LogP contribution in [0.25, 0.3) is 10.6 Å². The zero-order valence-corrected chi connectivity index (χ0v) is 20.8. The number of hydrogen-bond acceptors (Lipinski definition) is 6. The number of carbonyl (C=O) groups is 2. The largest absolute Gasteiger partial charge is 0.493 e. The summed E-state index contributed by atoms with van der Waals surface area (Å²) in [5.41, 5.74) is 1.82. The molecule has 1 aliphatic rings. The van der Waals surface area contributed by atoms with E-state index in [2.05, 4.69) is 15.6 Å². The Hall–Kier alpha value is -3.46. The van der Waals surface area contributed by atoms with E-state index in [1.54, 1.807) is 33.3 Å². The number of thiazole rings is 1. The summed E-state index contributed by atoms with van der Waals surface area (Å²) >= 11 is 1.25. The van der Waals surface area contributed by atoms with Gasteiger partial charge in [0.2, 0.25) is 5.91 Å². The Labute approximate surface area is 207 Å². The molecule has 35 heavy (non-hydrogen) atoms. The van der Waals surface area contributed by atoms with Gasteiger partial charge in [0.1, 0.15) is 15.7 Å². The summed E-state index contributed by atoms with van der Waals surface area (Å²) < 4.78 is 25.0. The number of nitrogens with one attached hydrogen (secondary N) is 2. The van der Waals surface area contributed by atoms with E-state index < -0.39 is 5.82 Å². The quantitative estimate of drug-likeness (QED) is 0.415. The van der Waals surface area contributed by atoms with Crippen molar-refractivity contribution in [2.45, 2.75) is 39.0 Å². The minimum Gasteiger partial charge on any atom is -0.493 e. The van der Waals surface area contributed by atoms with Crippen molar-refractivity contribution in [1.82, 2.24) is 4.98 Å². The van der Waals surface area contributed by atoms with Crippen molar-refractivity contribution < 1.29 is 23.5 Å². The van der Waals surface area contributed by atoms with Crippen molar-refractivity contribution in [3.8, 4) is 22.1 Å². The topological polar surface area (TPSA) is 89.5 Å². The molecular weight excluding hydrogens is 469 g/mol. The number of carbonyl (C=O) groups excluding carboxylic acids is 2. The first-order valence-corrected chi connectivity index (χ1v) is 12.3. The summed E-state index contributed by atoms with van der Waals surface area (Å²) in [4.78, 5) is 30.5. The van der Waals surface area contributed by atoms with Gasteiger partial charge in [-0.15, -0.1) is 11.3 Å². The van der Waals surface area contributed by atoms with Crippen LogP contribution in [0.4, 0.5) is 15.8 Å². The SMILES string of the molecule is COc1ccc(-c2nc(C)c(C(=O)Nc3ccc(F)c(NC(=O)C4CCCCC4)c3)s2)cc1OC. The van der Waals surface area contributed by atoms with Gasteiger partial charge in [-0.2, -0.15) is 0 Å². The molecule has 0 spiro atoms. The van der Waals surface area contributed by atoms with Crippen LogP contribution in [0.1, 0.15) is 47.5 Å². The van der Waals surface area contributed by atoms with Crippen LogP contribution >= 0.6 is 11.3 Å². The predicted molar refractivity (Wildman–Crippen MR) is 135 cm³/mol. The average molecular weight is 498 g/mol. The highest BCUT2D eigenvalue weighted by atomic mass is 32.1. The first kappa shape index (κ1) is 24.7. The number of aryl methyl sites for hydroxylation is 1. The molecule has 1 saturated carbocycles. The number of methoxy groups -OCH3 is 2. The summed E-state index contributed by atoms with van der Waals surface area (Å²) in [6, 6.07) is 9.59. The molecule has 4 rings (SSSR count). The van der Waals surface area contributed by atoms with Crippen molar-refractivity contribution in [2.75, 3.05) is 24.9 Å². The van der Waals surface area contributed by atoms with E-state index in [4.69, 9.17) is 9.47 Å². The molecule has 1 heterocycles. The van der Waals surface area contributed by atoms with Gasteiger partial charge in [0.15, 0.2) is 11.5 Å². The molecule has 0 unspecified atom stereocenters. The maximum Gasteiger partial charge on any atom is 0.267 e. The molecule has 1 aromatic heterocycles. The second kappa shape index (κ2) is 10.9. The van der Waals surface area contributed by atoms with Crippen molar-refractivity contribution in [1.29, 1.82) is 0 Å². The van der Waals surface area contributed by atoms with E-state index in [0.29, 0.717) is 32.8 Å². The lowest BCUT2D eigenvalue weighted by Crippen LogP contribution is -2.25. The van der Waals surface area contributed by atoms with Gasteiger partial charge >= 0.3 is 0 Å². The lowest BCUT2D eigenvalue weighted by Gasteiger charge is -2.21. The van der Waals surface area contributed by atoms with Crippen molar-refractivity contribution in [3.05, 3.63) is 52.8 Å². The second-order valence-electron chi connectivity index (χ2n) is 8.48. The Morgan fingerprint density at radius 3 is 2.46 bits per heavy atom. The van der Waals surface area contributed by atoms with E-state index in [9.17, 15) is 14.0 Å². The van der Waals surface area contributed by atoms with Gasteiger partial charge in [-0.05, 0) is 56.2 Å². The van der Waals surface area contributed by atoms with Gasteiger partial charge in [-0.1, -0.05) is 19.3 Å². The molecule has 9 heteroatoms. The van der Waals surface area contributed by atoms with Crippen LogP contribution in [-0.2, 0) is 4.79 Å². The maximum atomic E-state index is 14.4. The molecular formula is C26H28FN3O4S. The molecule has 2 aromatic carbocycles. The van der Waals surface area contributed by atoms with Crippen molar-refractivity contribution in [3.63, 3.8) is 0 Å². The first-order chi connectivity index (χ1) is 16.9. The number of hydrogen-bond donors (Lipinski definition) is 2. The number of halogens is 1.